The van der Waals surface area contributed by atoms with Crippen molar-refractivity contribution in [3.63, 3.8) is 0 Å². The van der Waals surface area contributed by atoms with E-state index >= 15 is 0 Å². The number of nitrogens with zero attached hydrogens (tertiary/aromatic N) is 5. The van der Waals surface area contributed by atoms with Crippen LogP contribution in [0.4, 0.5) is 33.3 Å². The first-order valence-corrected chi connectivity index (χ1v) is 12.7. The van der Waals surface area contributed by atoms with Gasteiger partial charge < -0.3 is 20.5 Å². The molecule has 1 amide bonds. The number of anilines is 2. The molecule has 1 atom stereocenters. The molecule has 1 aliphatic heterocycles. The standard InChI is InChI=1S/C27H26F5N7O2/c1-14(2)24-35-21-19(37(24)3)9-7-17(23(21)38-12-11-26(33,13-38)27(30,31)32)34-25(41)18-8-10-20(40)39(36-18)22-15(28)5-4-6-16(22)29/h4-10,14H,11-13,33H2,1-3H3,(H,34,41)/t26-/m1/s1. The van der Waals surface area contributed by atoms with Crippen molar-refractivity contribution >= 4 is 28.3 Å². The van der Waals surface area contributed by atoms with Gasteiger partial charge in [-0.05, 0) is 36.8 Å². The van der Waals surface area contributed by atoms with Crippen LogP contribution in [0.25, 0.3) is 16.7 Å². The lowest BCUT2D eigenvalue weighted by Crippen LogP contribution is -2.55. The minimum Gasteiger partial charge on any atom is -0.366 e. The van der Waals surface area contributed by atoms with Crippen molar-refractivity contribution in [2.45, 2.75) is 37.9 Å². The van der Waals surface area contributed by atoms with Crippen LogP contribution >= 0.6 is 0 Å². The number of nitrogens with one attached hydrogen (secondary N) is 1. The van der Waals surface area contributed by atoms with Crippen molar-refractivity contribution in [3.05, 3.63) is 76.0 Å². The molecule has 3 N–H and O–H groups in total. The van der Waals surface area contributed by atoms with E-state index in [0.717, 1.165) is 30.3 Å². The van der Waals surface area contributed by atoms with Crippen LogP contribution in [0, 0.1) is 11.6 Å². The van der Waals surface area contributed by atoms with E-state index in [9.17, 15) is 31.5 Å². The van der Waals surface area contributed by atoms with Gasteiger partial charge >= 0.3 is 6.18 Å². The van der Waals surface area contributed by atoms with Gasteiger partial charge in [0.05, 0.1) is 16.9 Å². The molecule has 3 heterocycles. The first kappa shape index (κ1) is 28.2. The Morgan fingerprint density at radius 3 is 2.37 bits per heavy atom. The number of halogens is 5. The highest BCUT2D eigenvalue weighted by molar-refractivity contribution is 6.08. The number of alkyl halides is 3. The lowest BCUT2D eigenvalue weighted by molar-refractivity contribution is -0.179. The number of amides is 1. The molecule has 9 nitrogen and oxygen atoms in total. The van der Waals surface area contributed by atoms with E-state index in [-0.39, 0.29) is 36.0 Å². The van der Waals surface area contributed by atoms with Gasteiger partial charge in [-0.15, -0.1) is 0 Å². The summed E-state index contributed by atoms with van der Waals surface area (Å²) < 4.78 is 72.4. The lowest BCUT2D eigenvalue weighted by atomic mass is 10.00. The molecule has 2 aromatic carbocycles. The Hall–Kier alpha value is -4.33. The molecule has 0 radical (unpaired) electrons. The molecule has 0 saturated carbocycles. The fourth-order valence-electron chi connectivity index (χ4n) is 5.03. The van der Waals surface area contributed by atoms with Crippen molar-refractivity contribution in [2.75, 3.05) is 23.3 Å². The molecular formula is C27H26F5N7O2. The van der Waals surface area contributed by atoms with Crippen LogP contribution < -0.4 is 21.5 Å². The Morgan fingerprint density at radius 2 is 1.76 bits per heavy atom. The third-order valence-electron chi connectivity index (χ3n) is 7.19. The first-order valence-electron chi connectivity index (χ1n) is 12.7. The van der Waals surface area contributed by atoms with Gasteiger partial charge in [0, 0.05) is 32.1 Å². The largest absolute Gasteiger partial charge is 0.408 e. The van der Waals surface area contributed by atoms with Gasteiger partial charge in [-0.1, -0.05) is 19.9 Å². The normalized spacial score (nSPS) is 17.6. The van der Waals surface area contributed by atoms with Crippen LogP contribution in [0.1, 0.15) is 42.5 Å². The molecule has 41 heavy (non-hydrogen) atoms. The van der Waals surface area contributed by atoms with Crippen molar-refractivity contribution in [1.29, 1.82) is 0 Å². The molecule has 0 unspecified atom stereocenters. The monoisotopic (exact) mass is 575 g/mol. The minimum atomic E-state index is -4.66. The van der Waals surface area contributed by atoms with Crippen molar-refractivity contribution < 1.29 is 26.7 Å². The quantitative estimate of drug-likeness (QED) is 0.345. The highest BCUT2D eigenvalue weighted by atomic mass is 19.4. The summed E-state index contributed by atoms with van der Waals surface area (Å²) in [6.07, 6.45) is -5.03. The van der Waals surface area contributed by atoms with E-state index in [0.29, 0.717) is 21.5 Å². The van der Waals surface area contributed by atoms with Crippen LogP contribution in [-0.2, 0) is 7.05 Å². The van der Waals surface area contributed by atoms with E-state index in [1.54, 1.807) is 13.1 Å². The topological polar surface area (TPSA) is 111 Å². The van der Waals surface area contributed by atoms with Gasteiger partial charge in [0.1, 0.15) is 28.3 Å². The SMILES string of the molecule is CC(C)c1nc2c(N3CC[C@](N)(C(F)(F)F)C3)c(NC(=O)c3ccc(=O)n(-c4c(F)cccc4F)n3)ccc2n1C. The van der Waals surface area contributed by atoms with Gasteiger partial charge in [-0.25, -0.2) is 13.8 Å². The van der Waals surface area contributed by atoms with Crippen LogP contribution in [-0.4, -0.2) is 50.0 Å². The number of para-hydroxylation sites is 1. The average molecular weight is 576 g/mol. The number of hydrogen-bond donors (Lipinski definition) is 2. The lowest BCUT2D eigenvalue weighted by Gasteiger charge is -2.28. The fourth-order valence-corrected chi connectivity index (χ4v) is 5.03. The molecule has 4 aromatic rings. The molecule has 1 aliphatic rings. The highest BCUT2D eigenvalue weighted by Gasteiger charge is 2.55. The number of carbonyl (C=O) groups is 1. The number of imidazole rings is 1. The Balaban J connectivity index is 1.59. The van der Waals surface area contributed by atoms with E-state index < -0.39 is 47.0 Å². The van der Waals surface area contributed by atoms with Gasteiger partial charge in [0.2, 0.25) is 0 Å². The number of benzene rings is 2. The molecular weight excluding hydrogens is 549 g/mol. The zero-order valence-electron chi connectivity index (χ0n) is 22.3. The molecule has 14 heteroatoms. The molecule has 1 fully saturated rings. The van der Waals surface area contributed by atoms with E-state index in [1.165, 1.54) is 11.0 Å². The maximum absolute atomic E-state index is 14.4. The van der Waals surface area contributed by atoms with Gasteiger partial charge in [0.25, 0.3) is 11.5 Å². The molecule has 0 aliphatic carbocycles. The molecule has 2 aromatic heterocycles. The molecule has 216 valence electrons. The van der Waals surface area contributed by atoms with E-state index in [4.69, 9.17) is 10.7 Å². The van der Waals surface area contributed by atoms with Crippen LogP contribution in [0.5, 0.6) is 0 Å². The van der Waals surface area contributed by atoms with Crippen molar-refractivity contribution in [1.82, 2.24) is 19.3 Å². The number of nitrogens with two attached hydrogens (primary N) is 1. The molecule has 0 bridgehead atoms. The fraction of sp³-hybridized carbons (Fsp3) is 0.333. The zero-order valence-corrected chi connectivity index (χ0v) is 22.3. The predicted octanol–water partition coefficient (Wildman–Crippen LogP) is 4.24. The Kier molecular flexibility index (Phi) is 6.84. The third-order valence-corrected chi connectivity index (χ3v) is 7.19. The summed E-state index contributed by atoms with van der Waals surface area (Å²) >= 11 is 0. The molecule has 1 saturated heterocycles. The summed E-state index contributed by atoms with van der Waals surface area (Å²) in [5.74, 6) is -2.33. The minimum absolute atomic E-state index is 0.00956. The Bertz CT molecular complexity index is 1710. The number of rotatable bonds is 5. The summed E-state index contributed by atoms with van der Waals surface area (Å²) in [4.78, 5) is 31.8. The van der Waals surface area contributed by atoms with Gasteiger partial charge in [0.15, 0.2) is 11.6 Å². The number of carbonyl (C=O) groups excluding carboxylic acids is 1. The number of fused-ring (bicyclic) bond motifs is 1. The second-order valence-corrected chi connectivity index (χ2v) is 10.3. The third kappa shape index (κ3) is 4.81. The maximum atomic E-state index is 14.4. The summed E-state index contributed by atoms with van der Waals surface area (Å²) in [6, 6.07) is 8.19. The maximum Gasteiger partial charge on any atom is 0.408 e. The van der Waals surface area contributed by atoms with E-state index in [1.807, 2.05) is 18.4 Å². The molecule has 0 spiro atoms. The number of aryl methyl sites for hydroxylation is 1. The Labute approximate surface area is 230 Å². The zero-order chi connectivity index (χ0) is 29.9. The molecule has 5 rings (SSSR count). The average Bonchev–Trinajstić information content (AvgIpc) is 3.45. The predicted molar refractivity (Wildman–Crippen MR) is 142 cm³/mol. The van der Waals surface area contributed by atoms with Gasteiger partial charge in [-0.2, -0.15) is 23.0 Å². The first-order chi connectivity index (χ1) is 19.2. The van der Waals surface area contributed by atoms with Crippen LogP contribution in [0.15, 0.2) is 47.3 Å². The van der Waals surface area contributed by atoms with Gasteiger partial charge in [-0.3, -0.25) is 9.59 Å². The second kappa shape index (κ2) is 9.94. The number of hydrogen-bond acceptors (Lipinski definition) is 6. The highest BCUT2D eigenvalue weighted by Crippen LogP contribution is 2.42. The summed E-state index contributed by atoms with van der Waals surface area (Å²) in [7, 11) is 1.79. The van der Waals surface area contributed by atoms with Crippen LogP contribution in [0.2, 0.25) is 0 Å². The summed E-state index contributed by atoms with van der Waals surface area (Å²) in [5.41, 5.74) is 2.65. The van der Waals surface area contributed by atoms with E-state index in [2.05, 4.69) is 10.4 Å². The van der Waals surface area contributed by atoms with Crippen molar-refractivity contribution in [3.8, 4) is 5.69 Å². The smallest absolute Gasteiger partial charge is 0.366 e. The van der Waals surface area contributed by atoms with Crippen molar-refractivity contribution in [2.24, 2.45) is 12.8 Å². The number of aromatic nitrogens is 4. The Morgan fingerprint density at radius 1 is 1.07 bits per heavy atom. The summed E-state index contributed by atoms with van der Waals surface area (Å²) in [6.45, 7) is 3.23. The summed E-state index contributed by atoms with van der Waals surface area (Å²) in [5, 5.41) is 6.49. The second-order valence-electron chi connectivity index (χ2n) is 10.3. The van der Waals surface area contributed by atoms with Crippen LogP contribution in [0.3, 0.4) is 0 Å².